The fourth-order valence-corrected chi connectivity index (χ4v) is 1.21. The smallest absolute Gasteiger partial charge is 0.264 e. The van der Waals surface area contributed by atoms with Crippen LogP contribution in [0.25, 0.3) is 0 Å². The van der Waals surface area contributed by atoms with Crippen molar-refractivity contribution in [3.8, 4) is 0 Å². The molecule has 12 heavy (non-hydrogen) atoms. The van der Waals surface area contributed by atoms with E-state index in [0.29, 0.717) is 18.5 Å². The van der Waals surface area contributed by atoms with Crippen molar-refractivity contribution in [1.29, 1.82) is 0 Å². The van der Waals surface area contributed by atoms with Gasteiger partial charge in [0, 0.05) is 6.54 Å². The second-order valence-corrected chi connectivity index (χ2v) is 2.53. The van der Waals surface area contributed by atoms with Gasteiger partial charge >= 0.3 is 0 Å². The summed E-state index contributed by atoms with van der Waals surface area (Å²) in [6.45, 7) is 4.15. The standard InChI is InChI=1S/C8H12F2N2/c1-3-6-5-11-12(4-2)7(6)8(9)10/h5,8H,3-4H2,1-2H3. The molecule has 1 rings (SSSR count). The summed E-state index contributed by atoms with van der Waals surface area (Å²) >= 11 is 0. The normalized spacial score (nSPS) is 11.1. The number of nitrogens with zero attached hydrogens (tertiary/aromatic N) is 2. The Hall–Kier alpha value is -0.930. The van der Waals surface area contributed by atoms with Crippen LogP contribution in [0.15, 0.2) is 6.20 Å². The number of halogens is 2. The highest BCUT2D eigenvalue weighted by atomic mass is 19.3. The number of hydrogen-bond donors (Lipinski definition) is 0. The van der Waals surface area contributed by atoms with Gasteiger partial charge in [0.25, 0.3) is 6.43 Å². The van der Waals surface area contributed by atoms with Crippen LogP contribution in [0.2, 0.25) is 0 Å². The molecule has 0 spiro atoms. The van der Waals surface area contributed by atoms with Gasteiger partial charge in [0.2, 0.25) is 0 Å². The summed E-state index contributed by atoms with van der Waals surface area (Å²) in [7, 11) is 0. The lowest BCUT2D eigenvalue weighted by Gasteiger charge is -2.04. The van der Waals surface area contributed by atoms with Crippen LogP contribution in [-0.2, 0) is 13.0 Å². The van der Waals surface area contributed by atoms with Crippen molar-refractivity contribution in [2.24, 2.45) is 0 Å². The van der Waals surface area contributed by atoms with Crippen molar-refractivity contribution in [3.63, 3.8) is 0 Å². The van der Waals surface area contributed by atoms with Gasteiger partial charge in [-0.25, -0.2) is 8.78 Å². The molecule has 0 aliphatic carbocycles. The zero-order valence-corrected chi connectivity index (χ0v) is 7.22. The predicted molar refractivity (Wildman–Crippen MR) is 42.2 cm³/mol. The van der Waals surface area contributed by atoms with Crippen LogP contribution < -0.4 is 0 Å². The SMILES string of the molecule is CCc1cnn(CC)c1C(F)F. The number of alkyl halides is 2. The minimum absolute atomic E-state index is 0.0694. The van der Waals surface area contributed by atoms with Gasteiger partial charge in [-0.05, 0) is 18.9 Å². The van der Waals surface area contributed by atoms with E-state index in [1.54, 1.807) is 6.92 Å². The van der Waals surface area contributed by atoms with Gasteiger partial charge in [0.1, 0.15) is 5.69 Å². The molecule has 2 nitrogen and oxygen atoms in total. The molecule has 0 radical (unpaired) electrons. The van der Waals surface area contributed by atoms with Crippen LogP contribution in [0, 0.1) is 0 Å². The van der Waals surface area contributed by atoms with Gasteiger partial charge in [0.05, 0.1) is 6.20 Å². The van der Waals surface area contributed by atoms with E-state index in [0.717, 1.165) is 0 Å². The van der Waals surface area contributed by atoms with Crippen molar-refractivity contribution in [2.75, 3.05) is 0 Å². The van der Waals surface area contributed by atoms with E-state index in [9.17, 15) is 8.78 Å². The van der Waals surface area contributed by atoms with Gasteiger partial charge < -0.3 is 0 Å². The molecule has 0 aliphatic rings. The van der Waals surface area contributed by atoms with Crippen molar-refractivity contribution >= 4 is 0 Å². The van der Waals surface area contributed by atoms with Crippen molar-refractivity contribution in [1.82, 2.24) is 9.78 Å². The fraction of sp³-hybridized carbons (Fsp3) is 0.625. The molecule has 0 fully saturated rings. The Kier molecular flexibility index (Phi) is 2.78. The lowest BCUT2D eigenvalue weighted by Crippen LogP contribution is -2.04. The highest BCUT2D eigenvalue weighted by Gasteiger charge is 2.17. The third-order valence-electron chi connectivity index (χ3n) is 1.85. The maximum absolute atomic E-state index is 12.4. The van der Waals surface area contributed by atoms with E-state index in [4.69, 9.17) is 0 Å². The first kappa shape index (κ1) is 9.16. The van der Waals surface area contributed by atoms with Crippen LogP contribution >= 0.6 is 0 Å². The molecule has 0 saturated heterocycles. The molecule has 0 aromatic carbocycles. The summed E-state index contributed by atoms with van der Waals surface area (Å²) in [5.41, 5.74) is 0.715. The summed E-state index contributed by atoms with van der Waals surface area (Å²) < 4.78 is 26.2. The molecule has 0 amide bonds. The van der Waals surface area contributed by atoms with Gasteiger partial charge in [-0.3, -0.25) is 4.68 Å². The number of rotatable bonds is 3. The zero-order chi connectivity index (χ0) is 9.14. The first-order chi connectivity index (χ1) is 5.70. The van der Waals surface area contributed by atoms with Gasteiger partial charge in [-0.2, -0.15) is 5.10 Å². The minimum Gasteiger partial charge on any atom is -0.264 e. The van der Waals surface area contributed by atoms with Crippen molar-refractivity contribution in [2.45, 2.75) is 33.2 Å². The minimum atomic E-state index is -2.41. The Morgan fingerprint density at radius 1 is 1.50 bits per heavy atom. The molecular formula is C8H12F2N2. The number of aryl methyl sites for hydroxylation is 2. The third-order valence-corrected chi connectivity index (χ3v) is 1.85. The monoisotopic (exact) mass is 174 g/mol. The second-order valence-electron chi connectivity index (χ2n) is 2.53. The molecule has 0 saturated carbocycles. The van der Waals surface area contributed by atoms with E-state index in [1.807, 2.05) is 6.92 Å². The van der Waals surface area contributed by atoms with Gasteiger partial charge in [-0.15, -0.1) is 0 Å². The summed E-state index contributed by atoms with van der Waals surface area (Å²) in [6.07, 6.45) is -0.285. The van der Waals surface area contributed by atoms with E-state index >= 15 is 0 Å². The largest absolute Gasteiger partial charge is 0.280 e. The quantitative estimate of drug-likeness (QED) is 0.688. The van der Waals surface area contributed by atoms with Crippen LogP contribution in [0.1, 0.15) is 31.5 Å². The van der Waals surface area contributed by atoms with E-state index in [1.165, 1.54) is 10.9 Å². The first-order valence-corrected chi connectivity index (χ1v) is 4.03. The molecule has 0 aliphatic heterocycles. The average molecular weight is 174 g/mol. The highest BCUT2D eigenvalue weighted by molar-refractivity contribution is 5.18. The Morgan fingerprint density at radius 2 is 2.17 bits per heavy atom. The molecule has 0 atom stereocenters. The van der Waals surface area contributed by atoms with E-state index in [-0.39, 0.29) is 5.69 Å². The maximum Gasteiger partial charge on any atom is 0.280 e. The van der Waals surface area contributed by atoms with E-state index < -0.39 is 6.43 Å². The molecule has 1 heterocycles. The highest BCUT2D eigenvalue weighted by Crippen LogP contribution is 2.22. The Bertz CT molecular complexity index is 234. The summed E-state index contributed by atoms with van der Waals surface area (Å²) in [5.74, 6) is 0. The summed E-state index contributed by atoms with van der Waals surface area (Å²) in [6, 6.07) is 0. The third kappa shape index (κ3) is 1.47. The number of hydrogen-bond acceptors (Lipinski definition) is 1. The lowest BCUT2D eigenvalue weighted by molar-refractivity contribution is 0.138. The van der Waals surface area contributed by atoms with Crippen LogP contribution in [0.5, 0.6) is 0 Å². The topological polar surface area (TPSA) is 17.8 Å². The molecule has 1 aromatic heterocycles. The summed E-state index contributed by atoms with van der Waals surface area (Å²) in [5, 5.41) is 3.86. The van der Waals surface area contributed by atoms with Gasteiger partial charge in [0.15, 0.2) is 0 Å². The average Bonchev–Trinajstić information content (AvgIpc) is 2.46. The Balaban J connectivity index is 3.07. The van der Waals surface area contributed by atoms with Crippen molar-refractivity contribution in [3.05, 3.63) is 17.5 Å². The number of aromatic nitrogens is 2. The molecule has 0 unspecified atom stereocenters. The molecule has 1 aromatic rings. The molecule has 4 heteroatoms. The van der Waals surface area contributed by atoms with Gasteiger partial charge in [-0.1, -0.05) is 6.92 Å². The van der Waals surface area contributed by atoms with Crippen LogP contribution in [0.4, 0.5) is 8.78 Å². The second kappa shape index (κ2) is 3.65. The summed E-state index contributed by atoms with van der Waals surface area (Å²) in [4.78, 5) is 0. The maximum atomic E-state index is 12.4. The fourth-order valence-electron chi connectivity index (χ4n) is 1.21. The lowest BCUT2D eigenvalue weighted by atomic mass is 10.2. The molecule has 0 N–H and O–H groups in total. The van der Waals surface area contributed by atoms with Crippen molar-refractivity contribution < 1.29 is 8.78 Å². The Labute approximate surface area is 70.2 Å². The predicted octanol–water partition coefficient (Wildman–Crippen LogP) is 2.40. The molecule has 68 valence electrons. The molecular weight excluding hydrogens is 162 g/mol. The Morgan fingerprint density at radius 3 is 2.58 bits per heavy atom. The zero-order valence-electron chi connectivity index (χ0n) is 7.22. The molecule has 0 bridgehead atoms. The first-order valence-electron chi connectivity index (χ1n) is 4.03. The van der Waals surface area contributed by atoms with Crippen LogP contribution in [0.3, 0.4) is 0 Å². The van der Waals surface area contributed by atoms with Crippen LogP contribution in [-0.4, -0.2) is 9.78 Å². The van der Waals surface area contributed by atoms with E-state index in [2.05, 4.69) is 5.10 Å².